The molecule has 1 aromatic rings. The summed E-state index contributed by atoms with van der Waals surface area (Å²) in [6.45, 7) is 10.2. The number of hydrogen-bond donors (Lipinski definition) is 1. The van der Waals surface area contributed by atoms with E-state index >= 15 is 0 Å². The largest absolute Gasteiger partial charge is 0.450 e. The third kappa shape index (κ3) is 5.43. The minimum Gasteiger partial charge on any atom is -0.450 e. The summed E-state index contributed by atoms with van der Waals surface area (Å²) in [4.78, 5) is 22.3. The summed E-state index contributed by atoms with van der Waals surface area (Å²) >= 11 is 0. The van der Waals surface area contributed by atoms with Crippen LogP contribution in [0.4, 0.5) is 10.5 Å². The zero-order valence-corrected chi connectivity index (χ0v) is 13.0. The zero-order chi connectivity index (χ0) is 15.5. The van der Waals surface area contributed by atoms with Crippen molar-refractivity contribution in [3.63, 3.8) is 0 Å². The Kier molecular flexibility index (Phi) is 9.09. The first kappa shape index (κ1) is 18.2. The van der Waals surface area contributed by atoms with Crippen LogP contribution < -0.4 is 5.32 Å². The van der Waals surface area contributed by atoms with E-state index in [4.69, 9.17) is 4.74 Å². The van der Waals surface area contributed by atoms with Gasteiger partial charge in [-0.2, -0.15) is 0 Å². The van der Waals surface area contributed by atoms with E-state index in [2.05, 4.69) is 19.2 Å². The number of ether oxygens (including phenoxy) is 1. The van der Waals surface area contributed by atoms with Crippen molar-refractivity contribution in [2.45, 2.75) is 47.0 Å². The molecular formula is C16H25NO3. The van der Waals surface area contributed by atoms with Gasteiger partial charge in [0.15, 0.2) is 0 Å². The average Bonchev–Trinajstić information content (AvgIpc) is 2.48. The van der Waals surface area contributed by atoms with Crippen molar-refractivity contribution in [1.82, 2.24) is 0 Å². The number of amides is 1. The predicted molar refractivity (Wildman–Crippen MR) is 82.5 cm³/mol. The van der Waals surface area contributed by atoms with Crippen LogP contribution in [0.3, 0.4) is 0 Å². The molecule has 0 saturated heterocycles. The standard InChI is InChI=1S/C14H19NO3.C2H6/c1-4-10(3)13-8-12(7-6-11(13)9-16)15-14(17)18-5-2;1-2/h6-10H,4-5H2,1-3H3,(H,15,17);1-2H3. The molecular weight excluding hydrogens is 254 g/mol. The molecule has 1 N–H and O–H groups in total. The van der Waals surface area contributed by atoms with Crippen molar-refractivity contribution in [1.29, 1.82) is 0 Å². The van der Waals surface area contributed by atoms with Gasteiger partial charge in [-0.1, -0.05) is 27.7 Å². The van der Waals surface area contributed by atoms with Crippen molar-refractivity contribution in [3.05, 3.63) is 29.3 Å². The van der Waals surface area contributed by atoms with Crippen molar-refractivity contribution in [2.75, 3.05) is 11.9 Å². The molecule has 0 heterocycles. The third-order valence-electron chi connectivity index (χ3n) is 2.88. The SMILES string of the molecule is CC.CCOC(=O)Nc1ccc(C=O)c(C(C)CC)c1. The van der Waals surface area contributed by atoms with Crippen LogP contribution in [0, 0.1) is 0 Å². The number of aldehydes is 1. The lowest BCUT2D eigenvalue weighted by Gasteiger charge is -2.14. The van der Waals surface area contributed by atoms with Gasteiger partial charge in [-0.25, -0.2) is 4.79 Å². The van der Waals surface area contributed by atoms with E-state index in [0.29, 0.717) is 17.9 Å². The highest BCUT2D eigenvalue weighted by atomic mass is 16.5. The van der Waals surface area contributed by atoms with E-state index in [9.17, 15) is 9.59 Å². The van der Waals surface area contributed by atoms with Crippen LogP contribution >= 0.6 is 0 Å². The Balaban J connectivity index is 0.00000172. The maximum absolute atomic E-state index is 11.3. The molecule has 1 atom stereocenters. The van der Waals surface area contributed by atoms with Gasteiger partial charge in [0, 0.05) is 11.3 Å². The molecule has 4 heteroatoms. The van der Waals surface area contributed by atoms with Gasteiger partial charge in [0.25, 0.3) is 0 Å². The van der Waals surface area contributed by atoms with Crippen LogP contribution in [-0.2, 0) is 4.74 Å². The van der Waals surface area contributed by atoms with Gasteiger partial charge < -0.3 is 4.74 Å². The molecule has 1 rings (SSSR count). The summed E-state index contributed by atoms with van der Waals surface area (Å²) in [6.07, 6.45) is 1.30. The van der Waals surface area contributed by atoms with E-state index in [1.165, 1.54) is 0 Å². The lowest BCUT2D eigenvalue weighted by atomic mass is 9.94. The lowest BCUT2D eigenvalue weighted by molar-refractivity contribution is 0.112. The maximum atomic E-state index is 11.3. The minimum atomic E-state index is -0.480. The second-order valence-corrected chi connectivity index (χ2v) is 4.12. The monoisotopic (exact) mass is 279 g/mol. The summed E-state index contributed by atoms with van der Waals surface area (Å²) < 4.78 is 4.81. The highest BCUT2D eigenvalue weighted by Crippen LogP contribution is 2.25. The normalized spacial score (nSPS) is 10.8. The van der Waals surface area contributed by atoms with Crippen molar-refractivity contribution in [2.24, 2.45) is 0 Å². The Morgan fingerprint density at radius 2 is 2.00 bits per heavy atom. The molecule has 112 valence electrons. The molecule has 1 unspecified atom stereocenters. The van der Waals surface area contributed by atoms with Gasteiger partial charge in [0.1, 0.15) is 6.29 Å². The number of carbonyl (C=O) groups is 2. The number of carbonyl (C=O) groups excluding carboxylic acids is 2. The van der Waals surface area contributed by atoms with Gasteiger partial charge in [-0.05, 0) is 43.0 Å². The van der Waals surface area contributed by atoms with Gasteiger partial charge in [-0.3, -0.25) is 10.1 Å². The van der Waals surface area contributed by atoms with E-state index in [1.807, 2.05) is 19.9 Å². The number of hydrogen-bond acceptors (Lipinski definition) is 3. The quantitative estimate of drug-likeness (QED) is 0.801. The molecule has 20 heavy (non-hydrogen) atoms. The Morgan fingerprint density at radius 3 is 2.50 bits per heavy atom. The highest BCUT2D eigenvalue weighted by molar-refractivity contribution is 5.86. The van der Waals surface area contributed by atoms with Crippen LogP contribution in [0.15, 0.2) is 18.2 Å². The fraction of sp³-hybridized carbons (Fsp3) is 0.500. The first-order valence-electron chi connectivity index (χ1n) is 7.15. The van der Waals surface area contributed by atoms with Crippen LogP contribution in [0.5, 0.6) is 0 Å². The van der Waals surface area contributed by atoms with E-state index < -0.39 is 6.09 Å². The molecule has 1 aromatic carbocycles. The number of nitrogens with one attached hydrogen (secondary N) is 1. The summed E-state index contributed by atoms with van der Waals surface area (Å²) in [5.74, 6) is 0.272. The summed E-state index contributed by atoms with van der Waals surface area (Å²) in [5.41, 5.74) is 2.26. The Morgan fingerprint density at radius 1 is 1.35 bits per heavy atom. The highest BCUT2D eigenvalue weighted by Gasteiger charge is 2.11. The Hall–Kier alpha value is -1.84. The molecule has 0 spiro atoms. The van der Waals surface area contributed by atoms with E-state index in [1.54, 1.807) is 19.1 Å². The fourth-order valence-corrected chi connectivity index (χ4v) is 1.69. The van der Waals surface area contributed by atoms with Gasteiger partial charge >= 0.3 is 6.09 Å². The van der Waals surface area contributed by atoms with Crippen LogP contribution in [0.2, 0.25) is 0 Å². The van der Waals surface area contributed by atoms with Crippen molar-refractivity contribution >= 4 is 18.1 Å². The lowest BCUT2D eigenvalue weighted by Crippen LogP contribution is -2.13. The van der Waals surface area contributed by atoms with E-state index in [0.717, 1.165) is 18.3 Å². The Labute approximate surface area is 121 Å². The molecule has 1 amide bonds. The summed E-state index contributed by atoms with van der Waals surface area (Å²) in [5, 5.41) is 2.64. The molecule has 0 aliphatic rings. The molecule has 0 aromatic heterocycles. The second-order valence-electron chi connectivity index (χ2n) is 4.12. The summed E-state index contributed by atoms with van der Waals surface area (Å²) in [6, 6.07) is 5.25. The predicted octanol–water partition coefficient (Wildman–Crippen LogP) is 4.61. The summed E-state index contributed by atoms with van der Waals surface area (Å²) in [7, 11) is 0. The fourth-order valence-electron chi connectivity index (χ4n) is 1.69. The molecule has 0 aliphatic heterocycles. The Bertz CT molecular complexity index is 430. The molecule has 0 bridgehead atoms. The number of anilines is 1. The molecule has 0 aliphatic carbocycles. The minimum absolute atomic E-state index is 0.272. The van der Waals surface area contributed by atoms with Gasteiger partial charge in [0.05, 0.1) is 6.61 Å². The van der Waals surface area contributed by atoms with E-state index in [-0.39, 0.29) is 5.92 Å². The van der Waals surface area contributed by atoms with Crippen LogP contribution in [-0.4, -0.2) is 19.0 Å². The zero-order valence-electron chi connectivity index (χ0n) is 13.0. The number of benzene rings is 1. The maximum Gasteiger partial charge on any atom is 0.411 e. The smallest absolute Gasteiger partial charge is 0.411 e. The second kappa shape index (κ2) is 10.0. The van der Waals surface area contributed by atoms with Crippen molar-refractivity contribution < 1.29 is 14.3 Å². The molecule has 4 nitrogen and oxygen atoms in total. The topological polar surface area (TPSA) is 55.4 Å². The van der Waals surface area contributed by atoms with Gasteiger partial charge in [-0.15, -0.1) is 0 Å². The van der Waals surface area contributed by atoms with Crippen LogP contribution in [0.1, 0.15) is 62.9 Å². The first-order chi connectivity index (χ1) is 9.62. The molecule has 0 radical (unpaired) electrons. The third-order valence-corrected chi connectivity index (χ3v) is 2.88. The van der Waals surface area contributed by atoms with Crippen molar-refractivity contribution in [3.8, 4) is 0 Å². The average molecular weight is 279 g/mol. The van der Waals surface area contributed by atoms with Crippen LogP contribution in [0.25, 0.3) is 0 Å². The van der Waals surface area contributed by atoms with Gasteiger partial charge in [0.2, 0.25) is 0 Å². The first-order valence-corrected chi connectivity index (χ1v) is 7.15. The molecule has 0 saturated carbocycles. The molecule has 0 fully saturated rings. The number of rotatable bonds is 5.